The van der Waals surface area contributed by atoms with Crippen LogP contribution in [-0.4, -0.2) is 31.1 Å². The molecule has 0 atom stereocenters. The van der Waals surface area contributed by atoms with E-state index >= 15 is 0 Å². The Morgan fingerprint density at radius 1 is 1.09 bits per heavy atom. The van der Waals surface area contributed by atoms with Crippen LogP contribution in [0.3, 0.4) is 0 Å². The summed E-state index contributed by atoms with van der Waals surface area (Å²) in [5.41, 5.74) is 3.15. The van der Waals surface area contributed by atoms with Crippen LogP contribution in [0.5, 0.6) is 11.5 Å². The molecule has 0 unspecified atom stereocenters. The number of carbonyl (C=O) groups is 2. The fraction of sp³-hybridized carbons (Fsp3) is 0.222. The molecule has 0 aliphatic carbocycles. The molecule has 0 saturated heterocycles. The lowest BCUT2D eigenvalue weighted by molar-refractivity contribution is -0.139. The first kappa shape index (κ1) is 18.2. The number of benzene rings is 2. The summed E-state index contributed by atoms with van der Waals surface area (Å²) >= 11 is 0. The van der Waals surface area contributed by atoms with Gasteiger partial charge in [0.2, 0.25) is 0 Å². The molecule has 0 bridgehead atoms. The molecule has 0 radical (unpaired) electrons. The molecule has 0 aliphatic rings. The van der Waals surface area contributed by atoms with Gasteiger partial charge >= 0.3 is 5.97 Å². The second kappa shape index (κ2) is 9.25. The van der Waals surface area contributed by atoms with E-state index in [1.54, 1.807) is 24.3 Å². The maximum absolute atomic E-state index is 10.3. The fourth-order valence-corrected chi connectivity index (χ4v) is 1.72. The summed E-state index contributed by atoms with van der Waals surface area (Å²) in [4.78, 5) is 20.5. The van der Waals surface area contributed by atoms with Crippen LogP contribution in [0.4, 0.5) is 0 Å². The SMILES string of the molecule is COc1ccccc1OCC(=O)O.Cc1ccc(C=O)cc1C. The highest BCUT2D eigenvalue weighted by Crippen LogP contribution is 2.25. The third kappa shape index (κ3) is 6.22. The van der Waals surface area contributed by atoms with Crippen molar-refractivity contribution in [1.29, 1.82) is 0 Å². The van der Waals surface area contributed by atoms with Gasteiger partial charge in [0.15, 0.2) is 18.1 Å². The first-order chi connectivity index (χ1) is 11.0. The zero-order valence-electron chi connectivity index (χ0n) is 13.4. The highest BCUT2D eigenvalue weighted by molar-refractivity contribution is 5.75. The van der Waals surface area contributed by atoms with Crippen LogP contribution in [0.15, 0.2) is 42.5 Å². The number of hydrogen-bond donors (Lipinski definition) is 1. The van der Waals surface area contributed by atoms with Crippen molar-refractivity contribution in [2.75, 3.05) is 13.7 Å². The van der Waals surface area contributed by atoms with Crippen LogP contribution in [-0.2, 0) is 4.79 Å². The van der Waals surface area contributed by atoms with Gasteiger partial charge in [-0.2, -0.15) is 0 Å². The van der Waals surface area contributed by atoms with Gasteiger partial charge < -0.3 is 14.6 Å². The van der Waals surface area contributed by atoms with Crippen molar-refractivity contribution in [3.8, 4) is 11.5 Å². The minimum absolute atomic E-state index is 0.361. The second-order valence-corrected chi connectivity index (χ2v) is 4.79. The molecule has 2 aromatic carbocycles. The molecular weight excluding hydrogens is 296 g/mol. The van der Waals surface area contributed by atoms with Crippen molar-refractivity contribution in [3.05, 3.63) is 59.2 Å². The molecular formula is C18H20O5. The first-order valence-corrected chi connectivity index (χ1v) is 6.98. The van der Waals surface area contributed by atoms with Gasteiger partial charge in [-0.05, 0) is 43.2 Å². The molecule has 0 amide bonds. The third-order valence-corrected chi connectivity index (χ3v) is 3.09. The van der Waals surface area contributed by atoms with Gasteiger partial charge in [0, 0.05) is 5.56 Å². The van der Waals surface area contributed by atoms with Gasteiger partial charge in [0.1, 0.15) is 6.29 Å². The molecule has 5 heteroatoms. The summed E-state index contributed by atoms with van der Waals surface area (Å²) < 4.78 is 9.92. The number of para-hydroxylation sites is 2. The zero-order valence-corrected chi connectivity index (χ0v) is 13.4. The van der Waals surface area contributed by atoms with Crippen molar-refractivity contribution < 1.29 is 24.2 Å². The fourth-order valence-electron chi connectivity index (χ4n) is 1.72. The minimum Gasteiger partial charge on any atom is -0.493 e. The Labute approximate surface area is 135 Å². The smallest absolute Gasteiger partial charge is 0.341 e. The van der Waals surface area contributed by atoms with Gasteiger partial charge in [-0.15, -0.1) is 0 Å². The van der Waals surface area contributed by atoms with Gasteiger partial charge in [-0.25, -0.2) is 4.79 Å². The third-order valence-electron chi connectivity index (χ3n) is 3.09. The number of carboxylic acid groups (broad SMARTS) is 1. The summed E-state index contributed by atoms with van der Waals surface area (Å²) in [7, 11) is 1.50. The molecule has 1 N–H and O–H groups in total. The predicted octanol–water partition coefficient (Wildman–Crippen LogP) is 3.27. The number of methoxy groups -OCH3 is 1. The normalized spacial score (nSPS) is 9.35. The summed E-state index contributed by atoms with van der Waals surface area (Å²) in [6, 6.07) is 12.6. The first-order valence-electron chi connectivity index (χ1n) is 6.98. The van der Waals surface area contributed by atoms with Crippen molar-refractivity contribution in [2.45, 2.75) is 13.8 Å². The second-order valence-electron chi connectivity index (χ2n) is 4.79. The van der Waals surface area contributed by atoms with E-state index < -0.39 is 5.97 Å². The molecule has 23 heavy (non-hydrogen) atoms. The van der Waals surface area contributed by atoms with E-state index in [0.717, 1.165) is 11.8 Å². The van der Waals surface area contributed by atoms with Gasteiger partial charge in [0.25, 0.3) is 0 Å². The Bertz CT molecular complexity index is 664. The van der Waals surface area contributed by atoms with Crippen LogP contribution in [0.1, 0.15) is 21.5 Å². The molecule has 0 heterocycles. The van der Waals surface area contributed by atoms with Crippen molar-refractivity contribution in [3.63, 3.8) is 0 Å². The lowest BCUT2D eigenvalue weighted by Crippen LogP contribution is -2.09. The Morgan fingerprint density at radius 2 is 1.74 bits per heavy atom. The lowest BCUT2D eigenvalue weighted by Gasteiger charge is -2.07. The van der Waals surface area contributed by atoms with Crippen molar-refractivity contribution in [1.82, 2.24) is 0 Å². The molecule has 122 valence electrons. The summed E-state index contributed by atoms with van der Waals surface area (Å²) in [6.45, 7) is 3.67. The monoisotopic (exact) mass is 316 g/mol. The molecule has 0 fully saturated rings. The number of hydrogen-bond acceptors (Lipinski definition) is 4. The molecule has 0 saturated carbocycles. The average Bonchev–Trinajstić information content (AvgIpc) is 2.56. The number of carboxylic acids is 1. The van der Waals surface area contributed by atoms with Crippen LogP contribution < -0.4 is 9.47 Å². The molecule has 0 aliphatic heterocycles. The van der Waals surface area contributed by atoms with E-state index in [0.29, 0.717) is 11.5 Å². The van der Waals surface area contributed by atoms with Crippen molar-refractivity contribution >= 4 is 12.3 Å². The number of carbonyl (C=O) groups excluding carboxylic acids is 1. The Morgan fingerprint density at radius 3 is 2.26 bits per heavy atom. The van der Waals surface area contributed by atoms with E-state index in [-0.39, 0.29) is 6.61 Å². The zero-order chi connectivity index (χ0) is 17.2. The maximum Gasteiger partial charge on any atom is 0.341 e. The molecule has 2 aromatic rings. The minimum atomic E-state index is -1.01. The number of rotatable bonds is 5. The van der Waals surface area contributed by atoms with E-state index in [1.807, 2.05) is 32.0 Å². The van der Waals surface area contributed by atoms with Crippen LogP contribution in [0.25, 0.3) is 0 Å². The van der Waals surface area contributed by atoms with Crippen LogP contribution >= 0.6 is 0 Å². The largest absolute Gasteiger partial charge is 0.493 e. The Hall–Kier alpha value is -2.82. The van der Waals surface area contributed by atoms with Crippen LogP contribution in [0.2, 0.25) is 0 Å². The number of aldehydes is 1. The van der Waals surface area contributed by atoms with E-state index in [4.69, 9.17) is 14.6 Å². The van der Waals surface area contributed by atoms with Gasteiger partial charge in [0.05, 0.1) is 7.11 Å². The molecule has 0 spiro atoms. The molecule has 2 rings (SSSR count). The Kier molecular flexibility index (Phi) is 7.33. The lowest BCUT2D eigenvalue weighted by atomic mass is 10.1. The maximum atomic E-state index is 10.3. The number of ether oxygens (including phenoxy) is 2. The molecule has 0 aromatic heterocycles. The number of aryl methyl sites for hydroxylation is 2. The average molecular weight is 316 g/mol. The summed E-state index contributed by atoms with van der Waals surface area (Å²) in [5, 5.41) is 8.37. The quantitative estimate of drug-likeness (QED) is 0.857. The standard InChI is InChI=1S/C9H10O4.C9H10O/c1-12-7-4-2-3-5-8(7)13-6-9(10)11;1-7-3-4-9(6-10)5-8(7)2/h2-5H,6H2,1H3,(H,10,11);3-6H,1-2H3. The van der Waals surface area contributed by atoms with Crippen molar-refractivity contribution in [2.24, 2.45) is 0 Å². The van der Waals surface area contributed by atoms with Gasteiger partial charge in [-0.3, -0.25) is 4.79 Å². The van der Waals surface area contributed by atoms with Crippen LogP contribution in [0, 0.1) is 13.8 Å². The van der Waals surface area contributed by atoms with E-state index in [1.165, 1.54) is 18.2 Å². The topological polar surface area (TPSA) is 72.8 Å². The van der Waals surface area contributed by atoms with E-state index in [9.17, 15) is 9.59 Å². The van der Waals surface area contributed by atoms with Gasteiger partial charge in [-0.1, -0.05) is 24.3 Å². The Balaban J connectivity index is 0.000000238. The summed E-state index contributed by atoms with van der Waals surface area (Å²) in [5.74, 6) is -0.0398. The highest BCUT2D eigenvalue weighted by Gasteiger charge is 2.04. The number of aliphatic carboxylic acids is 1. The summed E-state index contributed by atoms with van der Waals surface area (Å²) in [6.07, 6.45) is 0.867. The molecule has 5 nitrogen and oxygen atoms in total. The van der Waals surface area contributed by atoms with E-state index in [2.05, 4.69) is 0 Å². The highest BCUT2D eigenvalue weighted by atomic mass is 16.5. The predicted molar refractivity (Wildman–Crippen MR) is 87.4 cm³/mol.